The van der Waals surface area contributed by atoms with Crippen LogP contribution in [0.3, 0.4) is 0 Å². The minimum Gasteiger partial charge on any atom is -0.348 e. The number of fused-ring (bicyclic) bond motifs is 1. The first-order valence-electron chi connectivity index (χ1n) is 10.8. The predicted octanol–water partition coefficient (Wildman–Crippen LogP) is 4.66. The Morgan fingerprint density at radius 3 is 2.27 bits per heavy atom. The average Bonchev–Trinajstić information content (AvgIpc) is 3.29. The van der Waals surface area contributed by atoms with Crippen molar-refractivity contribution in [1.29, 1.82) is 5.26 Å². The van der Waals surface area contributed by atoms with Crippen LogP contribution in [0.15, 0.2) is 74.2 Å². The minimum atomic E-state index is -1.64. The number of hydrogen-bond acceptors (Lipinski definition) is 6. The van der Waals surface area contributed by atoms with Gasteiger partial charge in [-0.3, -0.25) is 14.3 Å². The number of halogens is 4. The largest absolute Gasteiger partial charge is 0.348 e. The van der Waals surface area contributed by atoms with Crippen LogP contribution >= 0.6 is 23.4 Å². The van der Waals surface area contributed by atoms with Crippen molar-refractivity contribution in [3.8, 4) is 11.8 Å². The maximum Gasteiger partial charge on any atom is 0.338 e. The van der Waals surface area contributed by atoms with Gasteiger partial charge >= 0.3 is 5.69 Å². The summed E-state index contributed by atoms with van der Waals surface area (Å²) in [5.41, 5.74) is 0.323. The standard InChI is InChI=1S/C25H15ClF3N5O2S/c26-16-7-17(11-31-10-16)34-24(35)22(37-18-8-19(27)21(29)20(28)9-18)23(33(6-5-30)25(34)36)32-12-14-3-1-2-4-15(14)13-32/h1-4,7-11H,6,12-13H2. The highest BCUT2D eigenvalue weighted by Crippen LogP contribution is 2.37. The molecule has 0 spiro atoms. The van der Waals surface area contributed by atoms with E-state index >= 15 is 0 Å². The van der Waals surface area contributed by atoms with Crippen LogP contribution in [0.2, 0.25) is 5.02 Å². The van der Waals surface area contributed by atoms with Gasteiger partial charge in [0.15, 0.2) is 17.5 Å². The van der Waals surface area contributed by atoms with E-state index in [1.54, 1.807) is 4.90 Å². The van der Waals surface area contributed by atoms with E-state index in [9.17, 15) is 28.0 Å². The lowest BCUT2D eigenvalue weighted by molar-refractivity contribution is 0.443. The fourth-order valence-electron chi connectivity index (χ4n) is 4.18. The monoisotopic (exact) mass is 541 g/mol. The lowest BCUT2D eigenvalue weighted by Gasteiger charge is -2.25. The highest BCUT2D eigenvalue weighted by molar-refractivity contribution is 7.99. The van der Waals surface area contributed by atoms with E-state index in [2.05, 4.69) is 4.98 Å². The van der Waals surface area contributed by atoms with Crippen molar-refractivity contribution in [3.05, 3.63) is 109 Å². The van der Waals surface area contributed by atoms with Crippen molar-refractivity contribution >= 4 is 29.2 Å². The fourth-order valence-corrected chi connectivity index (χ4v) is 5.42. The highest BCUT2D eigenvalue weighted by atomic mass is 35.5. The molecule has 0 amide bonds. The van der Waals surface area contributed by atoms with Crippen LogP contribution < -0.4 is 16.1 Å². The summed E-state index contributed by atoms with van der Waals surface area (Å²) in [5, 5.41) is 9.71. The number of nitriles is 1. The van der Waals surface area contributed by atoms with E-state index in [0.717, 1.165) is 32.4 Å². The van der Waals surface area contributed by atoms with E-state index in [-0.39, 0.29) is 26.3 Å². The van der Waals surface area contributed by atoms with Gasteiger partial charge in [0.25, 0.3) is 5.56 Å². The summed E-state index contributed by atoms with van der Waals surface area (Å²) in [5.74, 6) is -4.39. The molecule has 0 atom stereocenters. The second-order valence-electron chi connectivity index (χ2n) is 8.11. The topological polar surface area (TPSA) is 83.9 Å². The van der Waals surface area contributed by atoms with E-state index in [0.29, 0.717) is 24.9 Å². The molecule has 2 aromatic carbocycles. The number of benzene rings is 2. The lowest BCUT2D eigenvalue weighted by atomic mass is 10.1. The summed E-state index contributed by atoms with van der Waals surface area (Å²) in [6, 6.07) is 12.3. The molecule has 12 heteroatoms. The Balaban J connectivity index is 1.79. The highest BCUT2D eigenvalue weighted by Gasteiger charge is 2.29. The molecule has 3 heterocycles. The summed E-state index contributed by atoms with van der Waals surface area (Å²) >= 11 is 6.70. The van der Waals surface area contributed by atoms with Crippen molar-refractivity contribution in [1.82, 2.24) is 14.1 Å². The van der Waals surface area contributed by atoms with E-state index < -0.39 is 35.2 Å². The molecule has 1 aliphatic heterocycles. The zero-order valence-electron chi connectivity index (χ0n) is 18.8. The molecule has 0 aliphatic carbocycles. The van der Waals surface area contributed by atoms with Crippen LogP contribution in [0.5, 0.6) is 0 Å². The van der Waals surface area contributed by atoms with Crippen molar-refractivity contribution in [2.45, 2.75) is 29.4 Å². The van der Waals surface area contributed by atoms with Crippen LogP contribution in [0.4, 0.5) is 19.0 Å². The van der Waals surface area contributed by atoms with Crippen LogP contribution in [-0.4, -0.2) is 14.1 Å². The molecule has 0 unspecified atom stereocenters. The van der Waals surface area contributed by atoms with Gasteiger partial charge in [-0.1, -0.05) is 47.6 Å². The third-order valence-corrected chi connectivity index (χ3v) is 7.01. The molecule has 5 rings (SSSR count). The number of pyridine rings is 1. The Hall–Kier alpha value is -4.01. The number of rotatable bonds is 5. The predicted molar refractivity (Wildman–Crippen MR) is 131 cm³/mol. The quantitative estimate of drug-likeness (QED) is 0.342. The third kappa shape index (κ3) is 4.50. The number of nitrogens with zero attached hydrogens (tertiary/aromatic N) is 5. The first-order valence-corrected chi connectivity index (χ1v) is 12.0. The van der Waals surface area contributed by atoms with Crippen LogP contribution in [0.25, 0.3) is 5.69 Å². The Morgan fingerprint density at radius 2 is 1.68 bits per heavy atom. The van der Waals surface area contributed by atoms with Crippen molar-refractivity contribution in [3.63, 3.8) is 0 Å². The molecule has 37 heavy (non-hydrogen) atoms. The van der Waals surface area contributed by atoms with Gasteiger partial charge in [0.2, 0.25) is 0 Å². The average molecular weight is 542 g/mol. The molecule has 1 aliphatic rings. The maximum atomic E-state index is 14.0. The molecule has 0 saturated heterocycles. The Bertz CT molecular complexity index is 1670. The molecule has 0 N–H and O–H groups in total. The smallest absolute Gasteiger partial charge is 0.338 e. The molecule has 186 valence electrons. The minimum absolute atomic E-state index is 0.0452. The van der Waals surface area contributed by atoms with Gasteiger partial charge in [-0.25, -0.2) is 22.5 Å². The Labute approximate surface area is 217 Å². The summed E-state index contributed by atoms with van der Waals surface area (Å²) in [7, 11) is 0. The van der Waals surface area contributed by atoms with E-state index in [1.165, 1.54) is 18.5 Å². The van der Waals surface area contributed by atoms with Crippen molar-refractivity contribution in [2.75, 3.05) is 4.90 Å². The molecule has 4 aromatic rings. The van der Waals surface area contributed by atoms with Gasteiger partial charge in [-0.15, -0.1) is 0 Å². The molecule has 0 bridgehead atoms. The molecular weight excluding hydrogens is 527 g/mol. The fraction of sp³-hybridized carbons (Fsp3) is 0.120. The second-order valence-corrected chi connectivity index (χ2v) is 9.63. The maximum absolute atomic E-state index is 14.0. The van der Waals surface area contributed by atoms with Gasteiger partial charge in [-0.05, 0) is 29.3 Å². The normalized spacial score (nSPS) is 12.5. The molecule has 0 saturated carbocycles. The molecule has 7 nitrogen and oxygen atoms in total. The van der Waals surface area contributed by atoms with Gasteiger partial charge in [0.05, 0.1) is 23.0 Å². The SMILES string of the molecule is N#CCn1c(N2Cc3ccccc3C2)c(Sc2cc(F)c(F)c(F)c2)c(=O)n(-c2cncc(Cl)c2)c1=O. The van der Waals surface area contributed by atoms with E-state index in [4.69, 9.17) is 11.6 Å². The number of hydrogen-bond donors (Lipinski definition) is 0. The number of anilines is 1. The van der Waals surface area contributed by atoms with Crippen molar-refractivity contribution < 1.29 is 13.2 Å². The summed E-state index contributed by atoms with van der Waals surface area (Å²) < 4.78 is 43.6. The Morgan fingerprint density at radius 1 is 1.03 bits per heavy atom. The zero-order valence-corrected chi connectivity index (χ0v) is 20.4. The summed E-state index contributed by atoms with van der Waals surface area (Å²) in [6.45, 7) is 0.223. The third-order valence-electron chi connectivity index (χ3n) is 5.77. The van der Waals surface area contributed by atoms with Gasteiger partial charge in [0, 0.05) is 24.2 Å². The van der Waals surface area contributed by atoms with Crippen LogP contribution in [0, 0.1) is 28.8 Å². The van der Waals surface area contributed by atoms with Gasteiger partial charge < -0.3 is 4.90 Å². The summed E-state index contributed by atoms with van der Waals surface area (Å²) in [6.07, 6.45) is 2.57. The van der Waals surface area contributed by atoms with Gasteiger partial charge in [-0.2, -0.15) is 5.26 Å². The van der Waals surface area contributed by atoms with Crippen molar-refractivity contribution in [2.24, 2.45) is 0 Å². The second kappa shape index (κ2) is 9.80. The van der Waals surface area contributed by atoms with E-state index in [1.807, 2.05) is 30.3 Å². The summed E-state index contributed by atoms with van der Waals surface area (Å²) in [4.78, 5) is 32.9. The first kappa shape index (κ1) is 24.7. The molecular formula is C25H15ClF3N5O2S. The first-order chi connectivity index (χ1) is 17.8. The zero-order chi connectivity index (χ0) is 26.3. The van der Waals surface area contributed by atoms with Crippen LogP contribution in [0.1, 0.15) is 11.1 Å². The van der Waals surface area contributed by atoms with Crippen LogP contribution in [-0.2, 0) is 19.6 Å². The number of aromatic nitrogens is 3. The molecule has 0 radical (unpaired) electrons. The lowest BCUT2D eigenvalue weighted by Crippen LogP contribution is -2.42. The van der Waals surface area contributed by atoms with Gasteiger partial charge in [0.1, 0.15) is 17.3 Å². The molecule has 0 fully saturated rings. The molecule has 2 aromatic heterocycles. The Kier molecular flexibility index (Phi) is 6.54.